The monoisotopic (exact) mass is 226 g/mol. The summed E-state index contributed by atoms with van der Waals surface area (Å²) in [6.07, 6.45) is 0. The van der Waals surface area contributed by atoms with Crippen molar-refractivity contribution in [1.29, 1.82) is 0 Å². The van der Waals surface area contributed by atoms with Gasteiger partial charge >= 0.3 is 65.3 Å². The van der Waals surface area contributed by atoms with Gasteiger partial charge in [-0.15, -0.1) is 0 Å². The van der Waals surface area contributed by atoms with Crippen molar-refractivity contribution in [2.75, 3.05) is 0 Å². The van der Waals surface area contributed by atoms with Crippen molar-refractivity contribution >= 4 is 18.6 Å². The third-order valence-corrected chi connectivity index (χ3v) is 2.38. The van der Waals surface area contributed by atoms with Crippen LogP contribution in [-0.4, -0.2) is 18.4 Å². The van der Waals surface area contributed by atoms with Crippen LogP contribution in [-0.2, 0) is 3.83 Å². The number of halogens is 2. The van der Waals surface area contributed by atoms with Crippen LogP contribution in [0.1, 0.15) is 0 Å². The van der Waals surface area contributed by atoms with Gasteiger partial charge < -0.3 is 0 Å². The molecule has 0 aliphatic rings. The molecule has 1 N–H and O–H groups in total. The third-order valence-electron chi connectivity index (χ3n) is 1.04. The quantitative estimate of drug-likeness (QED) is 0.687. The van der Waals surface area contributed by atoms with E-state index in [-0.39, 0.29) is 4.46 Å². The molecule has 11 heavy (non-hydrogen) atoms. The first kappa shape index (κ1) is 8.46. The minimum atomic E-state index is -3.19. The van der Waals surface area contributed by atoms with Crippen molar-refractivity contribution in [3.05, 3.63) is 29.8 Å². The van der Waals surface area contributed by atoms with E-state index >= 15 is 0 Å². The Hall–Kier alpha value is -0.641. The van der Waals surface area contributed by atoms with Gasteiger partial charge in [0.25, 0.3) is 0 Å². The summed E-state index contributed by atoms with van der Waals surface area (Å²) in [5, 5.41) is 0. The zero-order valence-corrected chi connectivity index (χ0v) is 6.96. The molecule has 0 spiro atoms. The second-order valence-corrected chi connectivity index (χ2v) is 3.89. The molecule has 60 valence electrons. The van der Waals surface area contributed by atoms with Gasteiger partial charge in [-0.3, -0.25) is 0 Å². The molecular formula is C6H4F2O2Se. The second kappa shape index (κ2) is 3.17. The average molecular weight is 225 g/mol. The van der Waals surface area contributed by atoms with E-state index in [1.165, 1.54) is 0 Å². The van der Waals surface area contributed by atoms with Gasteiger partial charge in [-0.05, 0) is 0 Å². The number of rotatable bonds is 1. The third kappa shape index (κ3) is 2.15. The van der Waals surface area contributed by atoms with Crippen LogP contribution < -0.4 is 4.46 Å². The predicted molar refractivity (Wildman–Crippen MR) is 34.7 cm³/mol. The first-order chi connectivity index (χ1) is 5.09. The first-order valence-electron chi connectivity index (χ1n) is 2.66. The molecule has 0 heterocycles. The van der Waals surface area contributed by atoms with Crippen LogP contribution >= 0.6 is 0 Å². The van der Waals surface area contributed by atoms with Crippen molar-refractivity contribution in [1.82, 2.24) is 0 Å². The Kier molecular flexibility index (Phi) is 2.44. The summed E-state index contributed by atoms with van der Waals surface area (Å²) < 4.78 is 43.3. The molecule has 5 heteroatoms. The summed E-state index contributed by atoms with van der Waals surface area (Å²) in [6, 6.07) is 2.35. The summed E-state index contributed by atoms with van der Waals surface area (Å²) in [6.45, 7) is 0. The van der Waals surface area contributed by atoms with E-state index in [1.807, 2.05) is 0 Å². The summed E-state index contributed by atoms with van der Waals surface area (Å²) in [5.41, 5.74) is 0. The van der Waals surface area contributed by atoms with E-state index < -0.39 is 25.8 Å². The molecule has 2 nitrogen and oxygen atoms in total. The summed E-state index contributed by atoms with van der Waals surface area (Å²) in [5.74, 6) is -1.67. The van der Waals surface area contributed by atoms with Crippen LogP contribution in [0.3, 0.4) is 0 Å². The minimum absolute atomic E-state index is 0.178. The molecule has 1 atom stereocenters. The second-order valence-electron chi connectivity index (χ2n) is 1.85. The molecular weight excluding hydrogens is 221 g/mol. The number of hydrogen-bond donors (Lipinski definition) is 1. The molecule has 0 aliphatic carbocycles. The van der Waals surface area contributed by atoms with Gasteiger partial charge in [-0.25, -0.2) is 0 Å². The van der Waals surface area contributed by atoms with E-state index in [4.69, 9.17) is 4.19 Å². The maximum atomic E-state index is 12.3. The summed E-state index contributed by atoms with van der Waals surface area (Å²) >= 11 is -3.19. The van der Waals surface area contributed by atoms with Crippen molar-refractivity contribution in [2.24, 2.45) is 0 Å². The Labute approximate surface area is 65.9 Å². The SMILES string of the molecule is O=[Se](O)c1cc(F)cc(F)c1. The van der Waals surface area contributed by atoms with E-state index in [1.54, 1.807) is 0 Å². The van der Waals surface area contributed by atoms with Gasteiger partial charge in [0.05, 0.1) is 0 Å². The molecule has 0 aromatic heterocycles. The van der Waals surface area contributed by atoms with Crippen LogP contribution in [0, 0.1) is 11.6 Å². The van der Waals surface area contributed by atoms with Crippen LogP contribution in [0.25, 0.3) is 0 Å². The fourth-order valence-electron chi connectivity index (χ4n) is 0.629. The molecule has 1 aromatic carbocycles. The Bertz CT molecular complexity index is 280. The molecule has 0 saturated carbocycles. The first-order valence-corrected chi connectivity index (χ1v) is 4.99. The Morgan fingerprint density at radius 3 is 2.00 bits per heavy atom. The zero-order chi connectivity index (χ0) is 8.43. The van der Waals surface area contributed by atoms with Gasteiger partial charge in [-0.1, -0.05) is 0 Å². The molecule has 0 bridgehead atoms. The van der Waals surface area contributed by atoms with E-state index in [2.05, 4.69) is 0 Å². The van der Waals surface area contributed by atoms with Gasteiger partial charge in [0.15, 0.2) is 0 Å². The van der Waals surface area contributed by atoms with Crippen LogP contribution in [0.4, 0.5) is 8.78 Å². The van der Waals surface area contributed by atoms with Crippen molar-refractivity contribution in [3.63, 3.8) is 0 Å². The Morgan fingerprint density at radius 2 is 1.64 bits per heavy atom. The molecule has 1 aromatic rings. The molecule has 1 unspecified atom stereocenters. The van der Waals surface area contributed by atoms with Crippen LogP contribution in [0.5, 0.6) is 0 Å². The van der Waals surface area contributed by atoms with E-state index in [9.17, 15) is 12.6 Å². The van der Waals surface area contributed by atoms with Gasteiger partial charge in [0.2, 0.25) is 0 Å². The fourth-order valence-corrected chi connectivity index (χ4v) is 1.52. The summed E-state index contributed by atoms with van der Waals surface area (Å²) in [7, 11) is 0. The fraction of sp³-hybridized carbons (Fsp3) is 0. The topological polar surface area (TPSA) is 37.3 Å². The average Bonchev–Trinajstić information content (AvgIpc) is 1.85. The van der Waals surface area contributed by atoms with Gasteiger partial charge in [0, 0.05) is 0 Å². The standard InChI is InChI=1S/C6H4F2O2Se/c7-4-1-5(8)3-6(2-4)11(9)10/h1-3H,(H,9,10). The zero-order valence-electron chi connectivity index (χ0n) is 5.25. The van der Waals surface area contributed by atoms with Crippen molar-refractivity contribution < 1.29 is 16.8 Å². The molecule has 1 rings (SSSR count). The molecule has 0 amide bonds. The van der Waals surface area contributed by atoms with E-state index in [0.29, 0.717) is 6.07 Å². The van der Waals surface area contributed by atoms with Crippen LogP contribution in [0.2, 0.25) is 0 Å². The number of benzene rings is 1. The molecule has 0 radical (unpaired) electrons. The van der Waals surface area contributed by atoms with Gasteiger partial charge in [0.1, 0.15) is 0 Å². The summed E-state index contributed by atoms with van der Waals surface area (Å²) in [4.78, 5) is 0. The van der Waals surface area contributed by atoms with E-state index in [0.717, 1.165) is 12.1 Å². The molecule has 0 saturated heterocycles. The Morgan fingerprint density at radius 1 is 1.18 bits per heavy atom. The van der Waals surface area contributed by atoms with Crippen molar-refractivity contribution in [2.45, 2.75) is 0 Å². The normalized spacial score (nSPS) is 13.0. The van der Waals surface area contributed by atoms with Gasteiger partial charge in [-0.2, -0.15) is 0 Å². The molecule has 0 fully saturated rings. The molecule has 0 aliphatic heterocycles. The van der Waals surface area contributed by atoms with Crippen molar-refractivity contribution in [3.8, 4) is 0 Å². The number of hydrogen-bond acceptors (Lipinski definition) is 1. The van der Waals surface area contributed by atoms with Crippen LogP contribution in [0.15, 0.2) is 18.2 Å². The Balaban J connectivity index is 3.19. The maximum absolute atomic E-state index is 12.3. The predicted octanol–water partition coefficient (Wildman–Crippen LogP) is 0.0828.